The van der Waals surface area contributed by atoms with Crippen LogP contribution in [-0.2, 0) is 9.05 Å². The lowest BCUT2D eigenvalue weighted by atomic mass is 10.3. The van der Waals surface area contributed by atoms with Gasteiger partial charge < -0.3 is 4.52 Å². The van der Waals surface area contributed by atoms with Crippen molar-refractivity contribution in [2.24, 2.45) is 0 Å². The van der Waals surface area contributed by atoms with Crippen molar-refractivity contribution in [3.63, 3.8) is 0 Å². The van der Waals surface area contributed by atoms with Crippen LogP contribution in [-0.4, -0.2) is 18.8 Å². The second kappa shape index (κ2) is 2.68. The van der Waals surface area contributed by atoms with E-state index in [0.29, 0.717) is 11.1 Å². The molecule has 0 aliphatic carbocycles. The van der Waals surface area contributed by atoms with Crippen LogP contribution in [0.4, 0.5) is 0 Å². The van der Waals surface area contributed by atoms with E-state index in [1.165, 1.54) is 18.2 Å². The first kappa shape index (κ1) is 8.46. The molecule has 0 unspecified atom stereocenters. The maximum atomic E-state index is 10.9. The second-order valence-electron chi connectivity index (χ2n) is 2.34. The highest BCUT2D eigenvalue weighted by molar-refractivity contribution is 8.13. The molecule has 0 fully saturated rings. The summed E-state index contributed by atoms with van der Waals surface area (Å²) < 4.78 is 26.4. The lowest BCUT2D eigenvalue weighted by molar-refractivity contribution is 0.423. The minimum Gasteiger partial charge on any atom is -0.337 e. The zero-order chi connectivity index (χ0) is 9.47. The van der Waals surface area contributed by atoms with E-state index in [1.807, 2.05) is 0 Å². The average Bonchev–Trinajstić information content (AvgIpc) is 2.47. The monoisotopic (exact) mass is 218 g/mol. The molecule has 13 heavy (non-hydrogen) atoms. The van der Waals surface area contributed by atoms with Gasteiger partial charge in [-0.15, -0.1) is 5.10 Å². The van der Waals surface area contributed by atoms with Crippen molar-refractivity contribution in [3.8, 4) is 0 Å². The van der Waals surface area contributed by atoms with Crippen LogP contribution in [0.5, 0.6) is 0 Å². The highest BCUT2D eigenvalue weighted by Gasteiger charge is 2.11. The van der Waals surface area contributed by atoms with Gasteiger partial charge >= 0.3 is 0 Å². The maximum absolute atomic E-state index is 10.9. The zero-order valence-electron chi connectivity index (χ0n) is 6.14. The first-order valence-electron chi connectivity index (χ1n) is 3.24. The molecule has 0 saturated carbocycles. The van der Waals surface area contributed by atoms with Gasteiger partial charge in [-0.3, -0.25) is 0 Å². The Morgan fingerprint density at radius 2 is 2.15 bits per heavy atom. The standard InChI is InChI=1S/C6H3ClN2O3S/c7-13(10,11)4-1-2-5-6(3-4)12-9-8-5/h1-3H. The molecule has 0 bridgehead atoms. The molecule has 0 saturated heterocycles. The van der Waals surface area contributed by atoms with Crippen LogP contribution in [0.25, 0.3) is 11.1 Å². The molecule has 7 heteroatoms. The molecule has 0 radical (unpaired) electrons. The molecule has 0 amide bonds. The van der Waals surface area contributed by atoms with Crippen molar-refractivity contribution in [2.45, 2.75) is 4.90 Å². The summed E-state index contributed by atoms with van der Waals surface area (Å²) in [5, 5.41) is 6.85. The van der Waals surface area contributed by atoms with Crippen molar-refractivity contribution in [3.05, 3.63) is 18.2 Å². The second-order valence-corrected chi connectivity index (χ2v) is 4.91. The van der Waals surface area contributed by atoms with Gasteiger partial charge in [0.1, 0.15) is 5.52 Å². The van der Waals surface area contributed by atoms with E-state index in [1.54, 1.807) is 0 Å². The van der Waals surface area contributed by atoms with Crippen LogP contribution in [0, 0.1) is 0 Å². The molecule has 0 atom stereocenters. The summed E-state index contributed by atoms with van der Waals surface area (Å²) in [4.78, 5) is -0.0276. The molecule has 2 aromatic rings. The number of nitrogens with zero attached hydrogens (tertiary/aromatic N) is 2. The van der Waals surface area contributed by atoms with E-state index in [4.69, 9.17) is 10.7 Å². The van der Waals surface area contributed by atoms with E-state index >= 15 is 0 Å². The van der Waals surface area contributed by atoms with Gasteiger partial charge in [-0.2, -0.15) is 0 Å². The molecule has 68 valence electrons. The van der Waals surface area contributed by atoms with Crippen LogP contribution in [0.15, 0.2) is 27.6 Å². The quantitative estimate of drug-likeness (QED) is 0.672. The molecular formula is C6H3ClN2O3S. The Morgan fingerprint density at radius 3 is 2.85 bits per heavy atom. The molecule has 1 heterocycles. The van der Waals surface area contributed by atoms with Gasteiger partial charge in [0.15, 0.2) is 5.58 Å². The predicted molar refractivity (Wildman–Crippen MR) is 44.8 cm³/mol. The van der Waals surface area contributed by atoms with Crippen molar-refractivity contribution in [1.29, 1.82) is 0 Å². The number of hydrogen-bond donors (Lipinski definition) is 0. The van der Waals surface area contributed by atoms with Crippen molar-refractivity contribution in [1.82, 2.24) is 10.4 Å². The smallest absolute Gasteiger partial charge is 0.261 e. The molecule has 0 aliphatic heterocycles. The topological polar surface area (TPSA) is 73.1 Å². The molecule has 2 rings (SSSR count). The van der Waals surface area contributed by atoms with Crippen LogP contribution in [0.2, 0.25) is 0 Å². The summed E-state index contributed by atoms with van der Waals surface area (Å²) in [6.45, 7) is 0. The minimum atomic E-state index is -3.72. The molecule has 1 aromatic heterocycles. The van der Waals surface area contributed by atoms with Crippen LogP contribution in [0.3, 0.4) is 0 Å². The largest absolute Gasteiger partial charge is 0.337 e. The Morgan fingerprint density at radius 1 is 1.38 bits per heavy atom. The number of rotatable bonds is 1. The molecule has 5 nitrogen and oxygen atoms in total. The SMILES string of the molecule is O=S(=O)(Cl)c1ccc2nnoc2c1. The highest BCUT2D eigenvalue weighted by atomic mass is 35.7. The molecule has 1 aromatic carbocycles. The molecule has 0 spiro atoms. The first-order valence-corrected chi connectivity index (χ1v) is 5.55. The Balaban J connectivity index is 2.75. The van der Waals surface area contributed by atoms with Crippen LogP contribution in [0.1, 0.15) is 0 Å². The van der Waals surface area contributed by atoms with Crippen molar-refractivity contribution in [2.75, 3.05) is 0 Å². The zero-order valence-corrected chi connectivity index (χ0v) is 7.71. The van der Waals surface area contributed by atoms with Gasteiger partial charge in [0.25, 0.3) is 9.05 Å². The summed E-state index contributed by atoms with van der Waals surface area (Å²) in [6, 6.07) is 4.09. The molecule has 0 N–H and O–H groups in total. The summed E-state index contributed by atoms with van der Waals surface area (Å²) in [7, 11) is 1.40. The Hall–Kier alpha value is -1.14. The lowest BCUT2D eigenvalue weighted by Crippen LogP contribution is -1.88. The third-order valence-electron chi connectivity index (χ3n) is 1.50. The summed E-state index contributed by atoms with van der Waals surface area (Å²) in [5.74, 6) is 0. The van der Waals surface area contributed by atoms with Crippen LogP contribution < -0.4 is 0 Å². The Bertz CT molecular complexity index is 548. The van der Waals surface area contributed by atoms with Gasteiger partial charge in [-0.05, 0) is 12.1 Å². The number of hydrogen-bond acceptors (Lipinski definition) is 5. The molecule has 0 aliphatic rings. The Labute approximate surface area is 77.7 Å². The van der Waals surface area contributed by atoms with E-state index < -0.39 is 9.05 Å². The lowest BCUT2D eigenvalue weighted by Gasteiger charge is -1.92. The van der Waals surface area contributed by atoms with Crippen LogP contribution >= 0.6 is 10.7 Å². The summed E-state index contributed by atoms with van der Waals surface area (Å²) >= 11 is 0. The first-order chi connectivity index (χ1) is 6.07. The predicted octanol–water partition coefficient (Wildman–Crippen LogP) is 1.15. The van der Waals surface area contributed by atoms with Gasteiger partial charge in [-0.25, -0.2) is 8.42 Å². The third kappa shape index (κ3) is 1.50. The Kier molecular flexibility index (Phi) is 1.74. The number of benzene rings is 1. The molecular weight excluding hydrogens is 216 g/mol. The van der Waals surface area contributed by atoms with E-state index in [0.717, 1.165) is 0 Å². The fraction of sp³-hybridized carbons (Fsp3) is 0. The van der Waals surface area contributed by atoms with E-state index in [9.17, 15) is 8.42 Å². The number of halogens is 1. The average molecular weight is 219 g/mol. The fourth-order valence-corrected chi connectivity index (χ4v) is 1.68. The van der Waals surface area contributed by atoms with Crippen molar-refractivity contribution < 1.29 is 12.9 Å². The normalized spacial score (nSPS) is 12.1. The van der Waals surface area contributed by atoms with E-state index in [2.05, 4.69) is 14.9 Å². The van der Waals surface area contributed by atoms with Crippen molar-refractivity contribution >= 4 is 30.8 Å². The van der Waals surface area contributed by atoms with Gasteiger partial charge in [0, 0.05) is 22.0 Å². The number of fused-ring (bicyclic) bond motifs is 1. The summed E-state index contributed by atoms with van der Waals surface area (Å²) in [6.07, 6.45) is 0. The van der Waals surface area contributed by atoms with Gasteiger partial charge in [-0.1, -0.05) is 0 Å². The third-order valence-corrected chi connectivity index (χ3v) is 2.85. The van der Waals surface area contributed by atoms with Gasteiger partial charge in [0.2, 0.25) is 0 Å². The highest BCUT2D eigenvalue weighted by Crippen LogP contribution is 2.19. The summed E-state index contributed by atoms with van der Waals surface area (Å²) in [5.41, 5.74) is 0.783. The number of aromatic nitrogens is 2. The maximum Gasteiger partial charge on any atom is 0.261 e. The van der Waals surface area contributed by atoms with Gasteiger partial charge in [0.05, 0.1) is 4.90 Å². The fourth-order valence-electron chi connectivity index (χ4n) is 0.910. The minimum absolute atomic E-state index is 0.0276. The van der Waals surface area contributed by atoms with E-state index in [-0.39, 0.29) is 4.90 Å².